The van der Waals surface area contributed by atoms with E-state index in [0.717, 1.165) is 11.1 Å². The monoisotopic (exact) mass is 383 g/mol. The summed E-state index contributed by atoms with van der Waals surface area (Å²) >= 11 is 13.6. The number of hydrogen-bond acceptors (Lipinski definition) is 4. The van der Waals surface area contributed by atoms with Crippen LogP contribution in [0.2, 0.25) is 10.0 Å². The largest absolute Gasteiger partial charge is 0.489 e. The number of rotatable bonds is 5. The standard InChI is InChI=1S/C17H15Cl2NO3S/c18-12-5-4-11(14(19)7-12)8-23-13-3-1-2-10(6-13)16-20-15(9-24-16)17(21)22/h1-7,15-16,20H,8-9H2,(H,21,22)/t15-,16+/m1/s1. The Morgan fingerprint density at radius 2 is 2.12 bits per heavy atom. The van der Waals surface area contributed by atoms with Crippen molar-refractivity contribution in [3.63, 3.8) is 0 Å². The van der Waals surface area contributed by atoms with Crippen molar-refractivity contribution in [3.05, 3.63) is 63.6 Å². The first kappa shape index (κ1) is 17.4. The lowest BCUT2D eigenvalue weighted by atomic mass is 10.2. The van der Waals surface area contributed by atoms with E-state index in [1.807, 2.05) is 30.3 Å². The van der Waals surface area contributed by atoms with E-state index >= 15 is 0 Å². The Morgan fingerprint density at radius 1 is 1.29 bits per heavy atom. The molecular formula is C17H15Cl2NO3S. The molecule has 0 radical (unpaired) electrons. The third-order valence-corrected chi connectivity index (χ3v) is 5.50. The van der Waals surface area contributed by atoms with Gasteiger partial charge in [0.05, 0.1) is 5.37 Å². The molecule has 0 aromatic heterocycles. The predicted molar refractivity (Wildman–Crippen MR) is 97.0 cm³/mol. The fourth-order valence-electron chi connectivity index (χ4n) is 2.37. The Labute approximate surface area is 154 Å². The van der Waals surface area contributed by atoms with E-state index < -0.39 is 12.0 Å². The molecule has 7 heteroatoms. The van der Waals surface area contributed by atoms with E-state index in [0.29, 0.717) is 28.2 Å². The van der Waals surface area contributed by atoms with E-state index in [9.17, 15) is 4.79 Å². The zero-order valence-electron chi connectivity index (χ0n) is 12.5. The minimum atomic E-state index is -0.824. The second-order valence-corrected chi connectivity index (χ2v) is 7.35. The maximum Gasteiger partial charge on any atom is 0.321 e. The van der Waals surface area contributed by atoms with Crippen LogP contribution < -0.4 is 10.1 Å². The van der Waals surface area contributed by atoms with Crippen LogP contribution in [0.5, 0.6) is 5.75 Å². The van der Waals surface area contributed by atoms with Crippen molar-refractivity contribution in [1.82, 2.24) is 5.32 Å². The van der Waals surface area contributed by atoms with Crippen LogP contribution in [0.1, 0.15) is 16.5 Å². The molecule has 2 atom stereocenters. The summed E-state index contributed by atoms with van der Waals surface area (Å²) in [5.74, 6) is 0.431. The molecule has 1 saturated heterocycles. The molecule has 0 saturated carbocycles. The maximum absolute atomic E-state index is 11.0. The van der Waals surface area contributed by atoms with E-state index in [1.165, 1.54) is 0 Å². The third-order valence-electron chi connectivity index (χ3n) is 3.65. The molecule has 4 nitrogen and oxygen atoms in total. The highest BCUT2D eigenvalue weighted by molar-refractivity contribution is 7.99. The van der Waals surface area contributed by atoms with Gasteiger partial charge in [-0.1, -0.05) is 41.4 Å². The van der Waals surface area contributed by atoms with Crippen LogP contribution in [-0.2, 0) is 11.4 Å². The average Bonchev–Trinajstić information content (AvgIpc) is 3.05. The molecule has 1 aliphatic rings. The molecule has 24 heavy (non-hydrogen) atoms. The van der Waals surface area contributed by atoms with E-state index in [2.05, 4.69) is 5.32 Å². The summed E-state index contributed by atoms with van der Waals surface area (Å²) in [6.07, 6.45) is 0. The lowest BCUT2D eigenvalue weighted by molar-refractivity contribution is -0.138. The summed E-state index contributed by atoms with van der Waals surface area (Å²) < 4.78 is 5.81. The Hall–Kier alpha value is -1.40. The van der Waals surface area contributed by atoms with Gasteiger partial charge in [0.15, 0.2) is 0 Å². The van der Waals surface area contributed by atoms with Crippen LogP contribution in [0, 0.1) is 0 Å². The first-order valence-corrected chi connectivity index (χ1v) is 9.10. The smallest absolute Gasteiger partial charge is 0.321 e. The minimum absolute atomic E-state index is 0.0474. The highest BCUT2D eigenvalue weighted by Gasteiger charge is 2.30. The summed E-state index contributed by atoms with van der Waals surface area (Å²) in [7, 11) is 0. The highest BCUT2D eigenvalue weighted by Crippen LogP contribution is 2.34. The summed E-state index contributed by atoms with van der Waals surface area (Å²) in [5.41, 5.74) is 1.84. The van der Waals surface area contributed by atoms with Gasteiger partial charge in [0.25, 0.3) is 0 Å². The first-order valence-electron chi connectivity index (χ1n) is 7.30. The second-order valence-electron chi connectivity index (χ2n) is 5.37. The number of carbonyl (C=O) groups is 1. The lowest BCUT2D eigenvalue weighted by Gasteiger charge is -2.13. The van der Waals surface area contributed by atoms with Gasteiger partial charge in [0, 0.05) is 21.4 Å². The van der Waals surface area contributed by atoms with Crippen LogP contribution in [0.3, 0.4) is 0 Å². The Morgan fingerprint density at radius 3 is 2.83 bits per heavy atom. The van der Waals surface area contributed by atoms with Gasteiger partial charge in [0.2, 0.25) is 0 Å². The quantitative estimate of drug-likeness (QED) is 0.802. The summed E-state index contributed by atoms with van der Waals surface area (Å²) in [6, 6.07) is 12.4. The molecule has 0 amide bonds. The number of carboxylic acid groups (broad SMARTS) is 1. The van der Waals surface area contributed by atoms with Crippen LogP contribution in [0.15, 0.2) is 42.5 Å². The number of thioether (sulfide) groups is 1. The fraction of sp³-hybridized carbons (Fsp3) is 0.235. The lowest BCUT2D eigenvalue weighted by Crippen LogP contribution is -2.33. The van der Waals surface area contributed by atoms with Gasteiger partial charge in [0.1, 0.15) is 18.4 Å². The molecular weight excluding hydrogens is 369 g/mol. The third kappa shape index (κ3) is 4.16. The number of carboxylic acids is 1. The van der Waals surface area contributed by atoms with Crippen LogP contribution in [0.25, 0.3) is 0 Å². The Bertz CT molecular complexity index is 756. The molecule has 126 valence electrons. The summed E-state index contributed by atoms with van der Waals surface area (Å²) in [6.45, 7) is 0.336. The molecule has 3 rings (SSSR count). The zero-order chi connectivity index (χ0) is 17.1. The van der Waals surface area contributed by atoms with Gasteiger partial charge in [-0.05, 0) is 29.8 Å². The molecule has 0 unspecified atom stereocenters. The number of nitrogens with one attached hydrogen (secondary N) is 1. The van der Waals surface area contributed by atoms with Crippen molar-refractivity contribution >= 4 is 40.9 Å². The number of benzene rings is 2. The topological polar surface area (TPSA) is 58.6 Å². The number of hydrogen-bond donors (Lipinski definition) is 2. The molecule has 0 spiro atoms. The van der Waals surface area contributed by atoms with Crippen LogP contribution in [-0.4, -0.2) is 22.9 Å². The fourth-order valence-corrected chi connectivity index (χ4v) is 4.06. The number of halogens is 2. The predicted octanol–water partition coefficient (Wildman–Crippen LogP) is 4.36. The highest BCUT2D eigenvalue weighted by atomic mass is 35.5. The van der Waals surface area contributed by atoms with Crippen molar-refractivity contribution in [1.29, 1.82) is 0 Å². The van der Waals surface area contributed by atoms with Crippen molar-refractivity contribution in [2.75, 3.05) is 5.75 Å². The number of aliphatic carboxylic acids is 1. The molecule has 2 N–H and O–H groups in total. The van der Waals surface area contributed by atoms with Gasteiger partial charge in [-0.2, -0.15) is 0 Å². The Balaban J connectivity index is 1.66. The maximum atomic E-state index is 11.0. The SMILES string of the molecule is O=C(O)[C@H]1CS[C@@H](c2cccc(OCc3ccc(Cl)cc3Cl)c2)N1. The van der Waals surface area contributed by atoms with Gasteiger partial charge >= 0.3 is 5.97 Å². The zero-order valence-corrected chi connectivity index (χ0v) is 14.9. The molecule has 1 aliphatic heterocycles. The van der Waals surface area contributed by atoms with Gasteiger partial charge in [-0.3, -0.25) is 10.1 Å². The van der Waals surface area contributed by atoms with Crippen LogP contribution in [0.4, 0.5) is 0 Å². The normalized spacial score (nSPS) is 20.1. The molecule has 2 aromatic carbocycles. The van der Waals surface area contributed by atoms with Gasteiger partial charge in [-0.25, -0.2) is 0 Å². The van der Waals surface area contributed by atoms with Gasteiger partial charge in [-0.15, -0.1) is 11.8 Å². The van der Waals surface area contributed by atoms with Crippen LogP contribution >= 0.6 is 35.0 Å². The van der Waals surface area contributed by atoms with E-state index in [4.69, 9.17) is 33.0 Å². The summed E-state index contributed by atoms with van der Waals surface area (Å²) in [4.78, 5) is 11.0. The molecule has 0 bridgehead atoms. The second kappa shape index (κ2) is 7.66. The number of ether oxygens (including phenoxy) is 1. The molecule has 1 heterocycles. The van der Waals surface area contributed by atoms with Gasteiger partial charge < -0.3 is 9.84 Å². The van der Waals surface area contributed by atoms with E-state index in [-0.39, 0.29) is 5.37 Å². The van der Waals surface area contributed by atoms with E-state index in [1.54, 1.807) is 23.9 Å². The van der Waals surface area contributed by atoms with Crippen molar-refractivity contribution in [2.24, 2.45) is 0 Å². The molecule has 0 aliphatic carbocycles. The first-order chi connectivity index (χ1) is 11.5. The van der Waals surface area contributed by atoms with Crippen molar-refractivity contribution < 1.29 is 14.6 Å². The Kier molecular flexibility index (Phi) is 5.56. The van der Waals surface area contributed by atoms with Crippen molar-refractivity contribution in [2.45, 2.75) is 18.0 Å². The molecule has 1 fully saturated rings. The average molecular weight is 384 g/mol. The summed E-state index contributed by atoms with van der Waals surface area (Å²) in [5, 5.41) is 13.3. The molecule has 2 aromatic rings. The minimum Gasteiger partial charge on any atom is -0.489 e. The van der Waals surface area contributed by atoms with Crippen molar-refractivity contribution in [3.8, 4) is 5.75 Å².